The molecule has 0 amide bonds. The summed E-state index contributed by atoms with van der Waals surface area (Å²) in [6.45, 7) is 0. The largest absolute Gasteiger partial charge is 0.476 e. The fourth-order valence-electron chi connectivity index (χ4n) is 1.99. The lowest BCUT2D eigenvalue weighted by Crippen LogP contribution is -1.99. The minimum absolute atomic E-state index is 0.0271. The number of nitrogens with zero attached hydrogens (tertiary/aromatic N) is 3. The SMILES string of the molecule is Cn1nc(C(=O)O)cc1-c1ccc(-c2ncco2)cc1. The van der Waals surface area contributed by atoms with Crippen molar-refractivity contribution in [1.82, 2.24) is 14.8 Å². The Labute approximate surface area is 114 Å². The van der Waals surface area contributed by atoms with E-state index in [0.29, 0.717) is 5.89 Å². The molecule has 0 aliphatic rings. The quantitative estimate of drug-likeness (QED) is 0.789. The van der Waals surface area contributed by atoms with E-state index in [9.17, 15) is 4.79 Å². The van der Waals surface area contributed by atoms with Crippen LogP contribution >= 0.6 is 0 Å². The zero-order valence-electron chi connectivity index (χ0n) is 10.6. The molecule has 0 unspecified atom stereocenters. The maximum absolute atomic E-state index is 10.9. The average Bonchev–Trinajstić information content (AvgIpc) is 3.08. The molecule has 0 spiro atoms. The fraction of sp³-hybridized carbons (Fsp3) is 0.0714. The lowest BCUT2D eigenvalue weighted by molar-refractivity contribution is 0.0689. The van der Waals surface area contributed by atoms with E-state index in [1.54, 1.807) is 24.0 Å². The van der Waals surface area contributed by atoms with Gasteiger partial charge in [0.05, 0.1) is 11.9 Å². The van der Waals surface area contributed by atoms with E-state index in [1.807, 2.05) is 24.3 Å². The smallest absolute Gasteiger partial charge is 0.356 e. The summed E-state index contributed by atoms with van der Waals surface area (Å²) < 4.78 is 6.76. The Morgan fingerprint density at radius 3 is 2.50 bits per heavy atom. The van der Waals surface area contributed by atoms with E-state index in [0.717, 1.165) is 16.8 Å². The summed E-state index contributed by atoms with van der Waals surface area (Å²) in [6, 6.07) is 9.04. The van der Waals surface area contributed by atoms with Crippen LogP contribution in [-0.4, -0.2) is 25.8 Å². The van der Waals surface area contributed by atoms with E-state index < -0.39 is 5.97 Å². The molecule has 0 fully saturated rings. The number of hydrogen-bond acceptors (Lipinski definition) is 4. The molecule has 0 saturated carbocycles. The van der Waals surface area contributed by atoms with Gasteiger partial charge in [0.1, 0.15) is 6.26 Å². The van der Waals surface area contributed by atoms with Crippen LogP contribution in [-0.2, 0) is 7.05 Å². The Balaban J connectivity index is 1.97. The van der Waals surface area contributed by atoms with Crippen LogP contribution < -0.4 is 0 Å². The third kappa shape index (κ3) is 2.07. The lowest BCUT2D eigenvalue weighted by Gasteiger charge is -2.02. The fourth-order valence-corrected chi connectivity index (χ4v) is 1.99. The Hall–Kier alpha value is -2.89. The zero-order chi connectivity index (χ0) is 14.1. The average molecular weight is 269 g/mol. The van der Waals surface area contributed by atoms with Crippen LogP contribution in [0.2, 0.25) is 0 Å². The molecule has 100 valence electrons. The lowest BCUT2D eigenvalue weighted by atomic mass is 10.1. The van der Waals surface area contributed by atoms with Crippen molar-refractivity contribution in [2.24, 2.45) is 7.05 Å². The second kappa shape index (κ2) is 4.65. The number of hydrogen-bond donors (Lipinski definition) is 1. The van der Waals surface area contributed by atoms with Crippen LogP contribution in [0, 0.1) is 0 Å². The van der Waals surface area contributed by atoms with Crippen molar-refractivity contribution < 1.29 is 14.3 Å². The van der Waals surface area contributed by atoms with Crippen LogP contribution in [0.3, 0.4) is 0 Å². The Bertz CT molecular complexity index is 743. The number of carboxylic acids is 1. The first-order valence-electron chi connectivity index (χ1n) is 5.93. The number of oxazole rings is 1. The summed E-state index contributed by atoms with van der Waals surface area (Å²) in [5.41, 5.74) is 2.50. The maximum atomic E-state index is 10.9. The van der Waals surface area contributed by atoms with Gasteiger partial charge in [-0.3, -0.25) is 4.68 Å². The molecule has 0 saturated heterocycles. The van der Waals surface area contributed by atoms with Crippen LogP contribution in [0.15, 0.2) is 47.2 Å². The number of aromatic nitrogens is 3. The summed E-state index contributed by atoms with van der Waals surface area (Å²) in [4.78, 5) is 15.0. The summed E-state index contributed by atoms with van der Waals surface area (Å²) >= 11 is 0. The molecule has 3 rings (SSSR count). The molecule has 0 radical (unpaired) electrons. The van der Waals surface area contributed by atoms with Crippen molar-refractivity contribution >= 4 is 5.97 Å². The second-order valence-electron chi connectivity index (χ2n) is 4.26. The van der Waals surface area contributed by atoms with Gasteiger partial charge in [-0.05, 0) is 23.8 Å². The van der Waals surface area contributed by atoms with Crippen LogP contribution in [0.1, 0.15) is 10.5 Å². The van der Waals surface area contributed by atoms with Crippen molar-refractivity contribution in [1.29, 1.82) is 0 Å². The maximum Gasteiger partial charge on any atom is 0.356 e. The molecule has 1 N–H and O–H groups in total. The Morgan fingerprint density at radius 1 is 1.25 bits per heavy atom. The normalized spacial score (nSPS) is 10.7. The molecule has 2 aromatic heterocycles. The Kier molecular flexibility index (Phi) is 2.83. The highest BCUT2D eigenvalue weighted by atomic mass is 16.4. The Morgan fingerprint density at radius 2 is 1.95 bits per heavy atom. The molecule has 6 nitrogen and oxygen atoms in total. The van der Waals surface area contributed by atoms with Gasteiger partial charge in [0.15, 0.2) is 5.69 Å². The zero-order valence-corrected chi connectivity index (χ0v) is 10.6. The predicted octanol–water partition coefficient (Wildman–Crippen LogP) is 2.44. The van der Waals surface area contributed by atoms with E-state index in [2.05, 4.69) is 10.1 Å². The number of aryl methyl sites for hydroxylation is 1. The molecule has 20 heavy (non-hydrogen) atoms. The van der Waals surface area contributed by atoms with Crippen LogP contribution in [0.5, 0.6) is 0 Å². The molecule has 0 aliphatic carbocycles. The molecular formula is C14H11N3O3. The third-order valence-electron chi connectivity index (χ3n) is 2.96. The van der Waals surface area contributed by atoms with Crippen LogP contribution in [0.25, 0.3) is 22.7 Å². The van der Waals surface area contributed by atoms with E-state index >= 15 is 0 Å². The molecule has 0 atom stereocenters. The van der Waals surface area contributed by atoms with Crippen molar-refractivity contribution in [2.45, 2.75) is 0 Å². The molecule has 1 aromatic carbocycles. The first-order valence-corrected chi connectivity index (χ1v) is 5.93. The van der Waals surface area contributed by atoms with Gasteiger partial charge in [-0.25, -0.2) is 9.78 Å². The van der Waals surface area contributed by atoms with Crippen molar-refractivity contribution in [3.63, 3.8) is 0 Å². The predicted molar refractivity (Wildman–Crippen MR) is 71.1 cm³/mol. The standard InChI is InChI=1S/C14H11N3O3/c1-17-12(8-11(16-17)14(18)19)9-2-4-10(5-3-9)13-15-6-7-20-13/h2-8H,1H3,(H,18,19). The van der Waals surface area contributed by atoms with Gasteiger partial charge in [-0.15, -0.1) is 0 Å². The van der Waals surface area contributed by atoms with Gasteiger partial charge in [0, 0.05) is 12.6 Å². The number of aromatic carboxylic acids is 1. The van der Waals surface area contributed by atoms with Crippen molar-refractivity contribution in [2.75, 3.05) is 0 Å². The van der Waals surface area contributed by atoms with E-state index in [4.69, 9.17) is 9.52 Å². The number of rotatable bonds is 3. The van der Waals surface area contributed by atoms with Gasteiger partial charge in [-0.1, -0.05) is 12.1 Å². The molecule has 2 heterocycles. The number of carbonyl (C=O) groups is 1. The summed E-state index contributed by atoms with van der Waals surface area (Å²) in [6.07, 6.45) is 3.10. The molecule has 3 aromatic rings. The van der Waals surface area contributed by atoms with E-state index in [-0.39, 0.29) is 5.69 Å². The van der Waals surface area contributed by atoms with E-state index in [1.165, 1.54) is 6.26 Å². The highest BCUT2D eigenvalue weighted by Crippen LogP contribution is 2.24. The van der Waals surface area contributed by atoms with Crippen molar-refractivity contribution in [3.05, 3.63) is 48.5 Å². The monoisotopic (exact) mass is 269 g/mol. The van der Waals surface area contributed by atoms with Gasteiger partial charge in [0.25, 0.3) is 0 Å². The van der Waals surface area contributed by atoms with Gasteiger partial charge in [-0.2, -0.15) is 5.10 Å². The topological polar surface area (TPSA) is 81.2 Å². The minimum Gasteiger partial charge on any atom is -0.476 e. The summed E-state index contributed by atoms with van der Waals surface area (Å²) in [7, 11) is 1.71. The summed E-state index contributed by atoms with van der Waals surface area (Å²) in [5, 5.41) is 12.9. The molecule has 6 heteroatoms. The highest BCUT2D eigenvalue weighted by Gasteiger charge is 2.12. The molecule has 0 aliphatic heterocycles. The highest BCUT2D eigenvalue weighted by molar-refractivity contribution is 5.87. The third-order valence-corrected chi connectivity index (χ3v) is 2.96. The number of benzene rings is 1. The van der Waals surface area contributed by atoms with Crippen molar-refractivity contribution in [3.8, 4) is 22.7 Å². The minimum atomic E-state index is -1.04. The first kappa shape index (κ1) is 12.2. The van der Waals surface area contributed by atoms with Crippen LogP contribution in [0.4, 0.5) is 0 Å². The molecule has 0 bridgehead atoms. The van der Waals surface area contributed by atoms with Gasteiger partial charge in [0.2, 0.25) is 5.89 Å². The molecular weight excluding hydrogens is 258 g/mol. The summed E-state index contributed by atoms with van der Waals surface area (Å²) in [5.74, 6) is -0.490. The van der Waals surface area contributed by atoms with Gasteiger partial charge < -0.3 is 9.52 Å². The van der Waals surface area contributed by atoms with Gasteiger partial charge >= 0.3 is 5.97 Å². The number of carboxylic acid groups (broad SMARTS) is 1. The first-order chi connectivity index (χ1) is 9.65. The second-order valence-corrected chi connectivity index (χ2v) is 4.26.